The summed E-state index contributed by atoms with van der Waals surface area (Å²) >= 11 is 10.1. The van der Waals surface area contributed by atoms with Gasteiger partial charge in [0.1, 0.15) is 0 Å². The molecule has 21 heavy (non-hydrogen) atoms. The summed E-state index contributed by atoms with van der Waals surface area (Å²) in [6.07, 6.45) is 0. The Morgan fingerprint density at radius 3 is 2.19 bits per heavy atom. The lowest BCUT2D eigenvalue weighted by Crippen LogP contribution is -2.15. The molecule has 0 nitrogen and oxygen atoms in total. The molecule has 2 aromatic rings. The largest absolute Gasteiger partial charge is 0.0840 e. The molecule has 0 aliphatic rings. The van der Waals surface area contributed by atoms with Crippen LogP contribution in [0.15, 0.2) is 36.4 Å². The Labute approximate surface area is 141 Å². The maximum atomic E-state index is 6.23. The van der Waals surface area contributed by atoms with E-state index in [0.717, 1.165) is 10.6 Å². The van der Waals surface area contributed by atoms with Crippen LogP contribution in [0.25, 0.3) is 0 Å². The molecule has 0 aromatic heterocycles. The molecule has 0 heterocycles. The summed E-state index contributed by atoms with van der Waals surface area (Å²) in [5.41, 5.74) is 6.45. The number of hydrogen-bond acceptors (Lipinski definition) is 0. The molecule has 2 rings (SSSR count). The fraction of sp³-hybridized carbons (Fsp3) is 0.368. The Balaban J connectivity index is 2.56. The normalized spacial score (nSPS) is 13.3. The van der Waals surface area contributed by atoms with Crippen LogP contribution in [0.2, 0.25) is 5.02 Å². The average molecular weight is 366 g/mol. The van der Waals surface area contributed by atoms with Crippen LogP contribution in [-0.2, 0) is 5.41 Å². The van der Waals surface area contributed by atoms with Crippen molar-refractivity contribution in [1.82, 2.24) is 0 Å². The quantitative estimate of drug-likeness (QED) is 0.517. The van der Waals surface area contributed by atoms with Crippen LogP contribution in [0.4, 0.5) is 0 Å². The van der Waals surface area contributed by atoms with Crippen molar-refractivity contribution in [2.24, 2.45) is 0 Å². The van der Waals surface area contributed by atoms with Crippen LogP contribution in [0.5, 0.6) is 0 Å². The van der Waals surface area contributed by atoms with Gasteiger partial charge in [0.2, 0.25) is 0 Å². The van der Waals surface area contributed by atoms with Gasteiger partial charge in [-0.1, -0.05) is 78.6 Å². The SMILES string of the molecule is Cc1cc(C(Br)c2ccccc2C(C)(C)C)c(C)cc1Cl. The summed E-state index contributed by atoms with van der Waals surface area (Å²) < 4.78 is 0. The highest BCUT2D eigenvalue weighted by Crippen LogP contribution is 2.39. The summed E-state index contributed by atoms with van der Waals surface area (Å²) in [6, 6.07) is 12.9. The Kier molecular flexibility index (Phi) is 4.85. The van der Waals surface area contributed by atoms with E-state index in [1.165, 1.54) is 22.3 Å². The van der Waals surface area contributed by atoms with Crippen molar-refractivity contribution < 1.29 is 0 Å². The average Bonchev–Trinajstić information content (AvgIpc) is 2.41. The van der Waals surface area contributed by atoms with Gasteiger partial charge in [-0.3, -0.25) is 0 Å². The summed E-state index contributed by atoms with van der Waals surface area (Å²) in [5.74, 6) is 0. The van der Waals surface area contributed by atoms with E-state index in [1.54, 1.807) is 0 Å². The highest BCUT2D eigenvalue weighted by molar-refractivity contribution is 9.09. The zero-order valence-electron chi connectivity index (χ0n) is 13.3. The van der Waals surface area contributed by atoms with E-state index in [4.69, 9.17) is 11.6 Å². The van der Waals surface area contributed by atoms with Gasteiger partial charge in [0.25, 0.3) is 0 Å². The molecule has 2 heteroatoms. The summed E-state index contributed by atoms with van der Waals surface area (Å²) in [5, 5.41) is 0.833. The van der Waals surface area contributed by atoms with E-state index in [2.05, 4.69) is 86.9 Å². The van der Waals surface area contributed by atoms with Gasteiger partial charge in [0.15, 0.2) is 0 Å². The van der Waals surface area contributed by atoms with Crippen molar-refractivity contribution in [2.75, 3.05) is 0 Å². The highest BCUT2D eigenvalue weighted by Gasteiger charge is 2.23. The fourth-order valence-corrected chi connectivity index (χ4v) is 3.76. The van der Waals surface area contributed by atoms with Gasteiger partial charge in [-0.15, -0.1) is 0 Å². The summed E-state index contributed by atoms with van der Waals surface area (Å²) in [7, 11) is 0. The topological polar surface area (TPSA) is 0 Å². The molecule has 0 amide bonds. The first-order valence-electron chi connectivity index (χ1n) is 7.22. The lowest BCUT2D eigenvalue weighted by Gasteiger charge is -2.26. The Morgan fingerprint density at radius 1 is 0.952 bits per heavy atom. The number of halogens is 2. The molecule has 1 atom stereocenters. The maximum absolute atomic E-state index is 6.23. The molecule has 0 fully saturated rings. The van der Waals surface area contributed by atoms with Crippen molar-refractivity contribution in [3.05, 3.63) is 69.2 Å². The molecular weight excluding hydrogens is 344 g/mol. The van der Waals surface area contributed by atoms with Gasteiger partial charge in [-0.25, -0.2) is 0 Å². The van der Waals surface area contributed by atoms with E-state index >= 15 is 0 Å². The van der Waals surface area contributed by atoms with Gasteiger partial charge in [0, 0.05) is 5.02 Å². The minimum Gasteiger partial charge on any atom is -0.0840 e. The van der Waals surface area contributed by atoms with Crippen LogP contribution in [0.3, 0.4) is 0 Å². The first-order chi connectivity index (χ1) is 9.71. The van der Waals surface area contributed by atoms with Gasteiger partial charge in [-0.2, -0.15) is 0 Å². The fourth-order valence-electron chi connectivity index (χ4n) is 2.64. The molecule has 0 saturated carbocycles. The zero-order valence-corrected chi connectivity index (χ0v) is 15.6. The van der Waals surface area contributed by atoms with E-state index in [-0.39, 0.29) is 10.2 Å². The van der Waals surface area contributed by atoms with Crippen LogP contribution in [0.1, 0.15) is 53.4 Å². The second kappa shape index (κ2) is 6.14. The van der Waals surface area contributed by atoms with Crippen LogP contribution in [0, 0.1) is 13.8 Å². The summed E-state index contributed by atoms with van der Waals surface area (Å²) in [4.78, 5) is 0.184. The second-order valence-electron chi connectivity index (χ2n) is 6.66. The molecule has 0 spiro atoms. The van der Waals surface area contributed by atoms with E-state index in [1.807, 2.05) is 0 Å². The smallest absolute Gasteiger partial charge is 0.0650 e. The van der Waals surface area contributed by atoms with E-state index in [9.17, 15) is 0 Å². The van der Waals surface area contributed by atoms with Crippen molar-refractivity contribution in [1.29, 1.82) is 0 Å². The molecule has 2 aromatic carbocycles. The lowest BCUT2D eigenvalue weighted by molar-refractivity contribution is 0.584. The number of rotatable bonds is 2. The molecule has 1 unspecified atom stereocenters. The monoisotopic (exact) mass is 364 g/mol. The van der Waals surface area contributed by atoms with Crippen molar-refractivity contribution in [3.63, 3.8) is 0 Å². The predicted octanol–water partition coefficient (Wildman–Crippen LogP) is 6.74. The Morgan fingerprint density at radius 2 is 1.57 bits per heavy atom. The van der Waals surface area contributed by atoms with Gasteiger partial charge in [0.05, 0.1) is 4.83 Å². The van der Waals surface area contributed by atoms with Crippen molar-refractivity contribution >= 4 is 27.5 Å². The Hall–Kier alpha value is -0.790. The molecule has 0 saturated heterocycles. The Bertz CT molecular complexity index is 653. The first-order valence-corrected chi connectivity index (χ1v) is 8.51. The lowest BCUT2D eigenvalue weighted by atomic mass is 9.82. The summed E-state index contributed by atoms with van der Waals surface area (Å²) in [6.45, 7) is 10.9. The van der Waals surface area contributed by atoms with Crippen molar-refractivity contribution in [3.8, 4) is 0 Å². The van der Waals surface area contributed by atoms with Gasteiger partial charge in [-0.05, 0) is 53.1 Å². The highest BCUT2D eigenvalue weighted by atomic mass is 79.9. The van der Waals surface area contributed by atoms with E-state index in [0.29, 0.717) is 0 Å². The zero-order chi connectivity index (χ0) is 15.8. The third kappa shape index (κ3) is 3.52. The van der Waals surface area contributed by atoms with E-state index < -0.39 is 0 Å². The minimum atomic E-state index is 0.123. The molecule has 0 bridgehead atoms. The molecule has 0 aliphatic heterocycles. The van der Waals surface area contributed by atoms with Crippen LogP contribution >= 0.6 is 27.5 Å². The molecule has 0 N–H and O–H groups in total. The van der Waals surface area contributed by atoms with Gasteiger partial charge >= 0.3 is 0 Å². The second-order valence-corrected chi connectivity index (χ2v) is 7.98. The van der Waals surface area contributed by atoms with Gasteiger partial charge < -0.3 is 0 Å². The number of aryl methyl sites for hydroxylation is 2. The third-order valence-electron chi connectivity index (χ3n) is 3.86. The third-order valence-corrected chi connectivity index (χ3v) is 5.26. The number of benzene rings is 2. The number of alkyl halides is 1. The predicted molar refractivity (Wildman–Crippen MR) is 96.8 cm³/mol. The minimum absolute atomic E-state index is 0.123. The van der Waals surface area contributed by atoms with Crippen LogP contribution in [-0.4, -0.2) is 0 Å². The standard InChI is InChI=1S/C19H22BrCl/c1-12-11-17(21)13(2)10-15(12)18(20)14-8-6-7-9-16(14)19(3,4)5/h6-11,18H,1-5H3. The molecule has 112 valence electrons. The molecule has 0 aliphatic carbocycles. The first kappa shape index (κ1) is 16.6. The van der Waals surface area contributed by atoms with Crippen LogP contribution < -0.4 is 0 Å². The molecular formula is C19H22BrCl. The molecule has 0 radical (unpaired) electrons. The maximum Gasteiger partial charge on any atom is 0.0650 e. The van der Waals surface area contributed by atoms with Crippen molar-refractivity contribution in [2.45, 2.75) is 44.9 Å². The number of hydrogen-bond donors (Lipinski definition) is 0.